The van der Waals surface area contributed by atoms with Gasteiger partial charge in [-0.05, 0) is 25.0 Å². The lowest BCUT2D eigenvalue weighted by atomic mass is 9.97. The molecule has 1 aliphatic heterocycles. The lowest BCUT2D eigenvalue weighted by molar-refractivity contribution is 0.0704. The topological polar surface area (TPSA) is 59.2 Å². The van der Waals surface area contributed by atoms with E-state index >= 15 is 0 Å². The molecule has 1 aliphatic rings. The van der Waals surface area contributed by atoms with Gasteiger partial charge in [0.15, 0.2) is 0 Å². The summed E-state index contributed by atoms with van der Waals surface area (Å²) >= 11 is 10.7. The molecule has 0 aromatic carbocycles. The van der Waals surface area contributed by atoms with Crippen molar-refractivity contribution in [1.82, 2.24) is 9.88 Å². The maximum atomic E-state index is 12.1. The van der Waals surface area contributed by atoms with Crippen LogP contribution >= 0.6 is 23.8 Å². The van der Waals surface area contributed by atoms with Crippen molar-refractivity contribution >= 4 is 34.7 Å². The standard InChI is InChI=1S/C12H14ClN3OS/c13-9-1-2-10(15-7-9)12(17)16-5-3-8(4-6-16)11(14)18/h1-2,7-8H,3-6H2,(H2,14,18). The van der Waals surface area contributed by atoms with Crippen molar-refractivity contribution in [2.75, 3.05) is 13.1 Å². The predicted molar refractivity (Wildman–Crippen MR) is 74.7 cm³/mol. The highest BCUT2D eigenvalue weighted by atomic mass is 35.5. The van der Waals surface area contributed by atoms with E-state index in [0.717, 1.165) is 12.8 Å². The molecule has 0 unspecified atom stereocenters. The third kappa shape index (κ3) is 2.97. The molecular weight excluding hydrogens is 270 g/mol. The Balaban J connectivity index is 1.99. The molecule has 2 heterocycles. The lowest BCUT2D eigenvalue weighted by Crippen LogP contribution is -2.41. The first-order chi connectivity index (χ1) is 8.58. The molecule has 0 spiro atoms. The van der Waals surface area contributed by atoms with E-state index in [4.69, 9.17) is 29.6 Å². The monoisotopic (exact) mass is 283 g/mol. The fourth-order valence-corrected chi connectivity index (χ4v) is 2.38. The van der Waals surface area contributed by atoms with Crippen LogP contribution in [0.4, 0.5) is 0 Å². The lowest BCUT2D eigenvalue weighted by Gasteiger charge is -2.31. The average Bonchev–Trinajstić information content (AvgIpc) is 2.39. The summed E-state index contributed by atoms with van der Waals surface area (Å²) in [7, 11) is 0. The minimum atomic E-state index is -0.0620. The molecule has 96 valence electrons. The van der Waals surface area contributed by atoms with Crippen LogP contribution in [0.3, 0.4) is 0 Å². The smallest absolute Gasteiger partial charge is 0.272 e. The number of carbonyl (C=O) groups is 1. The third-order valence-corrected chi connectivity index (χ3v) is 3.69. The second kappa shape index (κ2) is 5.63. The Morgan fingerprint density at radius 3 is 2.61 bits per heavy atom. The van der Waals surface area contributed by atoms with Gasteiger partial charge in [0, 0.05) is 25.2 Å². The fraction of sp³-hybridized carbons (Fsp3) is 0.417. The summed E-state index contributed by atoms with van der Waals surface area (Å²) in [6, 6.07) is 3.31. The highest BCUT2D eigenvalue weighted by Crippen LogP contribution is 2.19. The fourth-order valence-electron chi connectivity index (χ4n) is 2.03. The molecule has 2 rings (SSSR count). The van der Waals surface area contributed by atoms with Gasteiger partial charge < -0.3 is 10.6 Å². The van der Waals surface area contributed by atoms with Gasteiger partial charge in [-0.3, -0.25) is 4.79 Å². The summed E-state index contributed by atoms with van der Waals surface area (Å²) in [4.78, 5) is 18.5. The highest BCUT2D eigenvalue weighted by Gasteiger charge is 2.25. The van der Waals surface area contributed by atoms with Gasteiger partial charge >= 0.3 is 0 Å². The number of hydrogen-bond acceptors (Lipinski definition) is 3. The maximum absolute atomic E-state index is 12.1. The van der Waals surface area contributed by atoms with Gasteiger partial charge in [0.25, 0.3) is 5.91 Å². The Hall–Kier alpha value is -1.20. The summed E-state index contributed by atoms with van der Waals surface area (Å²) in [6.45, 7) is 1.34. The maximum Gasteiger partial charge on any atom is 0.272 e. The largest absolute Gasteiger partial charge is 0.393 e. The summed E-state index contributed by atoms with van der Waals surface area (Å²) in [5.74, 6) is 0.190. The van der Waals surface area contributed by atoms with E-state index in [1.54, 1.807) is 17.0 Å². The van der Waals surface area contributed by atoms with Crippen LogP contribution in [-0.4, -0.2) is 33.9 Å². The molecule has 1 aromatic rings. The molecule has 18 heavy (non-hydrogen) atoms. The van der Waals surface area contributed by atoms with Crippen LogP contribution in [0.15, 0.2) is 18.3 Å². The first-order valence-electron chi connectivity index (χ1n) is 5.78. The molecule has 6 heteroatoms. The zero-order chi connectivity index (χ0) is 13.1. The second-order valence-corrected chi connectivity index (χ2v) is 5.24. The number of nitrogens with zero attached hydrogens (tertiary/aromatic N) is 2. The van der Waals surface area contributed by atoms with Gasteiger partial charge in [0.2, 0.25) is 0 Å². The Labute approximate surface area is 116 Å². The number of halogens is 1. The number of carbonyl (C=O) groups excluding carboxylic acids is 1. The molecule has 1 saturated heterocycles. The van der Waals surface area contributed by atoms with Crippen molar-refractivity contribution in [2.45, 2.75) is 12.8 Å². The van der Waals surface area contributed by atoms with Crippen molar-refractivity contribution in [3.05, 3.63) is 29.0 Å². The van der Waals surface area contributed by atoms with E-state index < -0.39 is 0 Å². The third-order valence-electron chi connectivity index (χ3n) is 3.13. The summed E-state index contributed by atoms with van der Waals surface area (Å²) in [5.41, 5.74) is 6.04. The molecule has 0 radical (unpaired) electrons. The van der Waals surface area contributed by atoms with Crippen LogP contribution in [-0.2, 0) is 0 Å². The minimum absolute atomic E-state index is 0.0620. The van der Waals surface area contributed by atoms with E-state index in [1.165, 1.54) is 6.20 Å². The van der Waals surface area contributed by atoms with E-state index in [9.17, 15) is 4.79 Å². The summed E-state index contributed by atoms with van der Waals surface area (Å²) in [5, 5.41) is 0.527. The summed E-state index contributed by atoms with van der Waals surface area (Å²) in [6.07, 6.45) is 3.14. The van der Waals surface area contributed by atoms with Crippen LogP contribution in [0.1, 0.15) is 23.3 Å². The average molecular weight is 284 g/mol. The van der Waals surface area contributed by atoms with Crippen molar-refractivity contribution in [1.29, 1.82) is 0 Å². The SMILES string of the molecule is NC(=S)C1CCN(C(=O)c2ccc(Cl)cn2)CC1. The van der Waals surface area contributed by atoms with E-state index in [-0.39, 0.29) is 11.8 Å². The van der Waals surface area contributed by atoms with Crippen LogP contribution in [0.5, 0.6) is 0 Å². The molecule has 4 nitrogen and oxygen atoms in total. The quantitative estimate of drug-likeness (QED) is 0.842. The Bertz CT molecular complexity index is 455. The van der Waals surface area contributed by atoms with Gasteiger partial charge in [-0.25, -0.2) is 4.98 Å². The minimum Gasteiger partial charge on any atom is -0.393 e. The zero-order valence-corrected chi connectivity index (χ0v) is 11.4. The molecule has 1 aromatic heterocycles. The number of aromatic nitrogens is 1. The van der Waals surface area contributed by atoms with Crippen LogP contribution in [0.25, 0.3) is 0 Å². The second-order valence-electron chi connectivity index (χ2n) is 4.33. The molecule has 1 amide bonds. The van der Waals surface area contributed by atoms with E-state index in [2.05, 4.69) is 4.98 Å². The van der Waals surface area contributed by atoms with Crippen LogP contribution in [0.2, 0.25) is 5.02 Å². The van der Waals surface area contributed by atoms with Gasteiger partial charge in [-0.15, -0.1) is 0 Å². The van der Waals surface area contributed by atoms with E-state index in [0.29, 0.717) is 28.8 Å². The summed E-state index contributed by atoms with van der Waals surface area (Å²) < 4.78 is 0. The van der Waals surface area contributed by atoms with Crippen molar-refractivity contribution < 1.29 is 4.79 Å². The number of nitrogens with two attached hydrogens (primary N) is 1. The predicted octanol–water partition coefficient (Wildman–Crippen LogP) is 1.87. The number of likely N-dealkylation sites (tertiary alicyclic amines) is 1. The first-order valence-corrected chi connectivity index (χ1v) is 6.56. The van der Waals surface area contributed by atoms with Crippen molar-refractivity contribution in [2.24, 2.45) is 11.7 Å². The molecule has 0 bridgehead atoms. The number of amides is 1. The molecule has 0 aliphatic carbocycles. The van der Waals surface area contributed by atoms with Crippen LogP contribution < -0.4 is 5.73 Å². The van der Waals surface area contributed by atoms with Crippen LogP contribution in [0, 0.1) is 5.92 Å². The van der Waals surface area contributed by atoms with Gasteiger partial charge in [-0.1, -0.05) is 23.8 Å². The first kappa shape index (κ1) is 13.2. The molecule has 2 N–H and O–H groups in total. The molecule has 0 atom stereocenters. The number of pyridine rings is 1. The van der Waals surface area contributed by atoms with Crippen molar-refractivity contribution in [3.8, 4) is 0 Å². The molecule has 0 saturated carbocycles. The highest BCUT2D eigenvalue weighted by molar-refractivity contribution is 7.80. The Morgan fingerprint density at radius 1 is 1.44 bits per heavy atom. The van der Waals surface area contributed by atoms with Gasteiger partial charge in [0.05, 0.1) is 10.0 Å². The number of thiocarbonyl (C=S) groups is 1. The number of rotatable bonds is 2. The number of piperidine rings is 1. The Morgan fingerprint density at radius 2 is 2.11 bits per heavy atom. The Kier molecular flexibility index (Phi) is 4.14. The normalized spacial score (nSPS) is 16.6. The zero-order valence-electron chi connectivity index (χ0n) is 9.80. The van der Waals surface area contributed by atoms with E-state index in [1.807, 2.05) is 0 Å². The van der Waals surface area contributed by atoms with Gasteiger partial charge in [-0.2, -0.15) is 0 Å². The molecule has 1 fully saturated rings. The van der Waals surface area contributed by atoms with Gasteiger partial charge in [0.1, 0.15) is 5.69 Å². The van der Waals surface area contributed by atoms with Crippen molar-refractivity contribution in [3.63, 3.8) is 0 Å². The molecular formula is C12H14ClN3OS. The number of hydrogen-bond donors (Lipinski definition) is 1.